The van der Waals surface area contributed by atoms with Gasteiger partial charge in [0.05, 0.1) is 11.9 Å². The summed E-state index contributed by atoms with van der Waals surface area (Å²) >= 11 is 0. The monoisotopic (exact) mass is 298 g/mol. The van der Waals surface area contributed by atoms with Gasteiger partial charge in [0.2, 0.25) is 10.0 Å². The van der Waals surface area contributed by atoms with Gasteiger partial charge in [0, 0.05) is 25.7 Å². The van der Waals surface area contributed by atoms with Crippen LogP contribution in [0.4, 0.5) is 0 Å². The summed E-state index contributed by atoms with van der Waals surface area (Å²) in [6.07, 6.45) is 4.67. The molecule has 2 N–H and O–H groups in total. The molecule has 2 heterocycles. The molecular weight excluding hydrogens is 276 g/mol. The Balaban J connectivity index is 0.00000162. The van der Waals surface area contributed by atoms with Crippen LogP contribution in [-0.2, 0) is 14.8 Å². The van der Waals surface area contributed by atoms with Crippen molar-refractivity contribution in [1.29, 1.82) is 0 Å². The van der Waals surface area contributed by atoms with E-state index >= 15 is 0 Å². The second kappa shape index (κ2) is 7.05. The van der Waals surface area contributed by atoms with Crippen LogP contribution < -0.4 is 5.73 Å². The van der Waals surface area contributed by atoms with Crippen LogP contribution in [-0.4, -0.2) is 50.3 Å². The predicted molar refractivity (Wildman–Crippen MR) is 73.4 cm³/mol. The molecule has 0 aromatic rings. The van der Waals surface area contributed by atoms with Crippen molar-refractivity contribution >= 4 is 22.4 Å². The zero-order chi connectivity index (χ0) is 12.3. The molecule has 2 fully saturated rings. The van der Waals surface area contributed by atoms with Gasteiger partial charge in [-0.1, -0.05) is 0 Å². The molecule has 0 aliphatic carbocycles. The van der Waals surface area contributed by atoms with E-state index in [-0.39, 0.29) is 30.3 Å². The molecule has 0 saturated carbocycles. The lowest BCUT2D eigenvalue weighted by atomic mass is 10.1. The topological polar surface area (TPSA) is 72.6 Å². The third-order valence-electron chi connectivity index (χ3n) is 3.62. The Morgan fingerprint density at radius 1 is 1.22 bits per heavy atom. The number of rotatable bonds is 4. The third kappa shape index (κ3) is 3.81. The molecule has 5 nitrogen and oxygen atoms in total. The Morgan fingerprint density at radius 3 is 2.61 bits per heavy atom. The van der Waals surface area contributed by atoms with E-state index in [1.807, 2.05) is 0 Å². The Kier molecular flexibility index (Phi) is 6.34. The van der Waals surface area contributed by atoms with Gasteiger partial charge in [-0.25, -0.2) is 8.42 Å². The van der Waals surface area contributed by atoms with E-state index in [0.29, 0.717) is 19.7 Å². The van der Waals surface area contributed by atoms with Gasteiger partial charge in [-0.15, -0.1) is 12.4 Å². The predicted octanol–water partition coefficient (Wildman–Crippen LogP) is 0.730. The fraction of sp³-hybridized carbons (Fsp3) is 1.00. The van der Waals surface area contributed by atoms with Crippen molar-refractivity contribution in [3.05, 3.63) is 0 Å². The highest BCUT2D eigenvalue weighted by Crippen LogP contribution is 2.23. The molecule has 0 amide bonds. The summed E-state index contributed by atoms with van der Waals surface area (Å²) in [5, 5.41) is 0. The van der Waals surface area contributed by atoms with Crippen LogP contribution in [0.15, 0.2) is 0 Å². The lowest BCUT2D eigenvalue weighted by Crippen LogP contribution is -2.43. The first kappa shape index (κ1) is 16.2. The van der Waals surface area contributed by atoms with Crippen LogP contribution in [0.5, 0.6) is 0 Å². The lowest BCUT2D eigenvalue weighted by molar-refractivity contribution is 0.0298. The number of sulfonamides is 1. The van der Waals surface area contributed by atoms with E-state index < -0.39 is 10.0 Å². The van der Waals surface area contributed by atoms with Crippen molar-refractivity contribution in [3.8, 4) is 0 Å². The number of hydrogen-bond donors (Lipinski definition) is 1. The highest BCUT2D eigenvalue weighted by atomic mass is 35.5. The second-order valence-corrected chi connectivity index (χ2v) is 6.88. The summed E-state index contributed by atoms with van der Waals surface area (Å²) < 4.78 is 31.6. The number of nitrogens with zero attached hydrogens (tertiary/aromatic N) is 1. The molecule has 0 aromatic carbocycles. The molecule has 2 aliphatic rings. The quantitative estimate of drug-likeness (QED) is 0.830. The lowest BCUT2D eigenvalue weighted by Gasteiger charge is -2.27. The Morgan fingerprint density at radius 2 is 2.00 bits per heavy atom. The smallest absolute Gasteiger partial charge is 0.216 e. The highest BCUT2D eigenvalue weighted by molar-refractivity contribution is 7.89. The first-order chi connectivity index (χ1) is 8.13. The van der Waals surface area contributed by atoms with Crippen LogP contribution in [0.2, 0.25) is 0 Å². The van der Waals surface area contributed by atoms with Crippen molar-refractivity contribution in [1.82, 2.24) is 4.31 Å². The molecule has 18 heavy (non-hydrogen) atoms. The molecule has 108 valence electrons. The summed E-state index contributed by atoms with van der Waals surface area (Å²) in [6, 6.07) is 0.00332. The van der Waals surface area contributed by atoms with Gasteiger partial charge in [-0.2, -0.15) is 4.31 Å². The van der Waals surface area contributed by atoms with Crippen LogP contribution >= 0.6 is 12.4 Å². The summed E-state index contributed by atoms with van der Waals surface area (Å²) in [6.45, 7) is 1.74. The maximum Gasteiger partial charge on any atom is 0.216 e. The molecule has 2 saturated heterocycles. The van der Waals surface area contributed by atoms with Gasteiger partial charge in [0.25, 0.3) is 0 Å². The minimum Gasteiger partial charge on any atom is -0.377 e. The van der Waals surface area contributed by atoms with Crippen molar-refractivity contribution in [2.75, 3.05) is 25.4 Å². The molecule has 7 heteroatoms. The fourth-order valence-electron chi connectivity index (χ4n) is 2.68. The zero-order valence-corrected chi connectivity index (χ0v) is 12.2. The zero-order valence-electron chi connectivity index (χ0n) is 10.6. The van der Waals surface area contributed by atoms with Crippen LogP contribution in [0.1, 0.15) is 32.1 Å². The summed E-state index contributed by atoms with van der Waals surface area (Å²) in [7, 11) is -3.19. The Bertz CT molecular complexity index is 344. The fourth-order valence-corrected chi connectivity index (χ4v) is 4.66. The van der Waals surface area contributed by atoms with Gasteiger partial charge >= 0.3 is 0 Å². The minimum absolute atomic E-state index is 0. The van der Waals surface area contributed by atoms with Crippen LogP contribution in [0, 0.1) is 0 Å². The molecule has 2 atom stereocenters. The minimum atomic E-state index is -3.19. The summed E-state index contributed by atoms with van der Waals surface area (Å²) in [5.74, 6) is 0.128. The van der Waals surface area contributed by atoms with Crippen molar-refractivity contribution in [3.63, 3.8) is 0 Å². The number of nitrogens with two attached hydrogens (primary N) is 1. The van der Waals surface area contributed by atoms with E-state index in [0.717, 1.165) is 32.1 Å². The molecule has 2 rings (SSSR count). The van der Waals surface area contributed by atoms with Crippen LogP contribution in [0.3, 0.4) is 0 Å². The molecule has 0 bridgehead atoms. The maximum atomic E-state index is 12.3. The first-order valence-electron chi connectivity index (χ1n) is 6.44. The van der Waals surface area contributed by atoms with Gasteiger partial charge < -0.3 is 10.5 Å². The van der Waals surface area contributed by atoms with E-state index in [1.165, 1.54) is 0 Å². The molecule has 0 aromatic heterocycles. The third-order valence-corrected chi connectivity index (χ3v) is 5.61. The molecular formula is C11H23ClN2O3S. The Labute approximate surface area is 116 Å². The standard InChI is InChI=1S/C11H22N2O3S.ClH/c12-8-10-4-3-6-13(10)17(14,15)9-11-5-1-2-7-16-11;/h10-11H,1-9,12H2;1H. The van der Waals surface area contributed by atoms with Crippen molar-refractivity contribution in [2.45, 2.75) is 44.2 Å². The molecule has 2 aliphatic heterocycles. The van der Waals surface area contributed by atoms with Crippen LogP contribution in [0.25, 0.3) is 0 Å². The largest absolute Gasteiger partial charge is 0.377 e. The molecule has 0 spiro atoms. The normalized spacial score (nSPS) is 30.1. The van der Waals surface area contributed by atoms with E-state index in [9.17, 15) is 8.42 Å². The second-order valence-electron chi connectivity index (χ2n) is 4.91. The highest BCUT2D eigenvalue weighted by Gasteiger charge is 2.35. The average molecular weight is 299 g/mol. The average Bonchev–Trinajstić information content (AvgIpc) is 2.78. The van der Waals surface area contributed by atoms with Gasteiger partial charge in [-0.05, 0) is 32.1 Å². The molecule has 0 radical (unpaired) electrons. The first-order valence-corrected chi connectivity index (χ1v) is 8.05. The van der Waals surface area contributed by atoms with E-state index in [2.05, 4.69) is 0 Å². The van der Waals surface area contributed by atoms with Crippen molar-refractivity contribution < 1.29 is 13.2 Å². The number of halogens is 1. The molecule has 2 unspecified atom stereocenters. The van der Waals surface area contributed by atoms with Gasteiger partial charge in [0.15, 0.2) is 0 Å². The number of hydrogen-bond acceptors (Lipinski definition) is 4. The maximum absolute atomic E-state index is 12.3. The van der Waals surface area contributed by atoms with E-state index in [1.54, 1.807) is 4.31 Å². The number of ether oxygens (including phenoxy) is 1. The summed E-state index contributed by atoms with van der Waals surface area (Å²) in [5.41, 5.74) is 5.62. The van der Waals surface area contributed by atoms with E-state index in [4.69, 9.17) is 10.5 Å². The SMILES string of the molecule is Cl.NCC1CCCN1S(=O)(=O)CC1CCCCO1. The van der Waals surface area contributed by atoms with Gasteiger partial charge in [-0.3, -0.25) is 0 Å². The Hall–Kier alpha value is 0.120. The summed E-state index contributed by atoms with van der Waals surface area (Å²) in [4.78, 5) is 0. The van der Waals surface area contributed by atoms with Crippen molar-refractivity contribution in [2.24, 2.45) is 5.73 Å². The van der Waals surface area contributed by atoms with Gasteiger partial charge in [0.1, 0.15) is 0 Å².